The molecule has 2 heterocycles. The summed E-state index contributed by atoms with van der Waals surface area (Å²) in [6, 6.07) is 27.8. The quantitative estimate of drug-likeness (QED) is 0.189. The minimum Gasteiger partial charge on any atom is -0.507 e. The van der Waals surface area contributed by atoms with E-state index in [-0.39, 0.29) is 32.2 Å². The van der Waals surface area contributed by atoms with E-state index in [4.69, 9.17) is 14.4 Å². The van der Waals surface area contributed by atoms with Gasteiger partial charge in [-0.15, -0.1) is 34.9 Å². The number of phenols is 1. The Morgan fingerprint density at radius 2 is 1.54 bits per heavy atom. The molecule has 0 aliphatic heterocycles. The predicted octanol–water partition coefficient (Wildman–Crippen LogP) is 8.79. The molecule has 1 N–H and O–H groups in total. The molecule has 6 rings (SSSR count). The van der Waals surface area contributed by atoms with Crippen molar-refractivity contribution < 1.29 is 30.6 Å². The number of aromatic nitrogens is 2. The van der Waals surface area contributed by atoms with E-state index >= 15 is 0 Å². The molecule has 0 unspecified atom stereocenters. The molecule has 0 saturated carbocycles. The van der Waals surface area contributed by atoms with Crippen molar-refractivity contribution in [2.75, 3.05) is 0 Å². The van der Waals surface area contributed by atoms with Crippen LogP contribution in [0, 0.1) is 19.9 Å². The van der Waals surface area contributed by atoms with Crippen molar-refractivity contribution in [3.8, 4) is 39.5 Å². The molecule has 0 atom stereocenters. The largest absolute Gasteiger partial charge is 0.507 e. The summed E-state index contributed by atoms with van der Waals surface area (Å²) < 4.78 is 6.19. The van der Waals surface area contributed by atoms with E-state index in [1.807, 2.05) is 37.4 Å². The van der Waals surface area contributed by atoms with Crippen molar-refractivity contribution in [2.24, 2.45) is 0 Å². The number of aromatic hydroxyl groups is 1. The van der Waals surface area contributed by atoms with Gasteiger partial charge in [0.1, 0.15) is 5.75 Å². The van der Waals surface area contributed by atoms with Gasteiger partial charge in [0.05, 0.1) is 11.1 Å². The Balaban J connectivity index is 0.00000308. The Labute approximate surface area is 243 Å². The maximum absolute atomic E-state index is 10.4. The predicted molar refractivity (Wildman–Crippen MR) is 154 cm³/mol. The number of para-hydroxylation sites is 1. The molecule has 0 fully saturated rings. The van der Waals surface area contributed by atoms with Gasteiger partial charge < -0.3 is 9.52 Å². The van der Waals surface area contributed by atoms with Crippen LogP contribution in [0.1, 0.15) is 37.5 Å². The zero-order valence-electron chi connectivity index (χ0n) is 22.6. The second-order valence-corrected chi connectivity index (χ2v) is 11.0. The standard InChI is InChI=1S/C34H29N2O2.Pt/c1-20-15-23(17-24(16-20)28-19-25(34(3,4)5)18-22-9-8-14-35-30(22)28)26-13-12-21(2)32-31(26)36-33(38-32)27-10-6-7-11-29(27)37;/h6-16,18-19,37H,1-5H3;/q-1;. The van der Waals surface area contributed by atoms with Gasteiger partial charge in [-0.1, -0.05) is 81.3 Å². The van der Waals surface area contributed by atoms with Crippen molar-refractivity contribution in [1.29, 1.82) is 0 Å². The number of benzene rings is 4. The van der Waals surface area contributed by atoms with Gasteiger partial charge in [-0.25, -0.2) is 4.98 Å². The monoisotopic (exact) mass is 692 g/mol. The molecular weight excluding hydrogens is 663 g/mol. The van der Waals surface area contributed by atoms with Gasteiger partial charge >= 0.3 is 0 Å². The van der Waals surface area contributed by atoms with E-state index in [9.17, 15) is 5.11 Å². The summed E-state index contributed by atoms with van der Waals surface area (Å²) in [4.78, 5) is 9.60. The number of hydrogen-bond acceptors (Lipinski definition) is 4. The minimum absolute atomic E-state index is 0. The first-order valence-electron chi connectivity index (χ1n) is 12.8. The molecule has 2 aromatic heterocycles. The summed E-state index contributed by atoms with van der Waals surface area (Å²) in [5.74, 6) is 0.537. The van der Waals surface area contributed by atoms with Crippen LogP contribution >= 0.6 is 0 Å². The molecule has 4 aromatic carbocycles. The van der Waals surface area contributed by atoms with Gasteiger partial charge in [0.2, 0.25) is 5.89 Å². The molecule has 4 nitrogen and oxygen atoms in total. The smallest absolute Gasteiger partial charge is 0.230 e. The van der Waals surface area contributed by atoms with Gasteiger partial charge in [0, 0.05) is 32.8 Å². The molecule has 0 spiro atoms. The molecule has 0 aliphatic rings. The summed E-state index contributed by atoms with van der Waals surface area (Å²) in [6.45, 7) is 10.8. The van der Waals surface area contributed by atoms with E-state index in [0.29, 0.717) is 17.0 Å². The number of aryl methyl sites for hydroxylation is 2. The molecule has 6 aromatic rings. The van der Waals surface area contributed by atoms with Crippen LogP contribution in [0.2, 0.25) is 0 Å². The zero-order valence-corrected chi connectivity index (χ0v) is 24.8. The third-order valence-electron chi connectivity index (χ3n) is 7.04. The number of hydrogen-bond donors (Lipinski definition) is 1. The molecule has 0 amide bonds. The second-order valence-electron chi connectivity index (χ2n) is 11.0. The fourth-order valence-electron chi connectivity index (χ4n) is 4.96. The molecule has 0 aliphatic carbocycles. The van der Waals surface area contributed by atoms with E-state index in [2.05, 4.69) is 70.2 Å². The van der Waals surface area contributed by atoms with Crippen LogP contribution in [-0.4, -0.2) is 15.1 Å². The Hall–Kier alpha value is -3.75. The van der Waals surface area contributed by atoms with Gasteiger partial charge in [0.15, 0.2) is 5.58 Å². The maximum atomic E-state index is 10.4. The average molecular weight is 693 g/mol. The average Bonchev–Trinajstić information content (AvgIpc) is 3.34. The van der Waals surface area contributed by atoms with Crippen LogP contribution in [0.3, 0.4) is 0 Å². The Kier molecular flexibility index (Phi) is 6.95. The molecule has 0 radical (unpaired) electrons. The van der Waals surface area contributed by atoms with Gasteiger partial charge in [-0.2, -0.15) is 0 Å². The third kappa shape index (κ3) is 4.90. The van der Waals surface area contributed by atoms with E-state index in [1.54, 1.807) is 12.1 Å². The van der Waals surface area contributed by atoms with Crippen LogP contribution in [-0.2, 0) is 26.5 Å². The SMILES string of the molecule is Cc1cc(-c2cc(C(C)(C)C)cc3cccnc23)[c-]c(-c2ccc(C)c3oc(-c4ccccc4O)nc23)c1.[Pt]. The Morgan fingerprint density at radius 3 is 2.28 bits per heavy atom. The van der Waals surface area contributed by atoms with Crippen molar-refractivity contribution in [2.45, 2.75) is 40.0 Å². The number of nitrogens with zero attached hydrogens (tertiary/aromatic N) is 2. The number of phenolic OH excluding ortho intramolecular Hbond substituents is 1. The molecule has 0 saturated heterocycles. The Bertz CT molecular complexity index is 1850. The maximum Gasteiger partial charge on any atom is 0.230 e. The summed E-state index contributed by atoms with van der Waals surface area (Å²) in [5.41, 5.74) is 10.3. The number of oxazole rings is 1. The topological polar surface area (TPSA) is 59.2 Å². The molecule has 5 heteroatoms. The van der Waals surface area contributed by atoms with Gasteiger partial charge in [-0.05, 0) is 47.1 Å². The number of fused-ring (bicyclic) bond motifs is 2. The van der Waals surface area contributed by atoms with E-state index in [1.165, 1.54) is 5.56 Å². The number of rotatable bonds is 3. The second kappa shape index (κ2) is 10.1. The molecule has 198 valence electrons. The number of pyridine rings is 1. The summed E-state index contributed by atoms with van der Waals surface area (Å²) in [6.07, 6.45) is 1.85. The summed E-state index contributed by atoms with van der Waals surface area (Å²) in [5, 5.41) is 11.5. The zero-order chi connectivity index (χ0) is 26.6. The van der Waals surface area contributed by atoms with Crippen LogP contribution in [0.15, 0.2) is 83.4 Å². The Morgan fingerprint density at radius 1 is 0.795 bits per heavy atom. The fourth-order valence-corrected chi connectivity index (χ4v) is 4.96. The third-order valence-corrected chi connectivity index (χ3v) is 7.04. The minimum atomic E-state index is -0.00529. The van der Waals surface area contributed by atoms with Crippen molar-refractivity contribution in [3.63, 3.8) is 0 Å². The van der Waals surface area contributed by atoms with Crippen LogP contribution in [0.4, 0.5) is 0 Å². The van der Waals surface area contributed by atoms with Crippen LogP contribution < -0.4 is 0 Å². The van der Waals surface area contributed by atoms with E-state index in [0.717, 1.165) is 49.8 Å². The summed E-state index contributed by atoms with van der Waals surface area (Å²) in [7, 11) is 0. The first-order chi connectivity index (χ1) is 18.2. The van der Waals surface area contributed by atoms with Crippen molar-refractivity contribution >= 4 is 22.0 Å². The molecule has 0 bridgehead atoms. The first kappa shape index (κ1) is 26.8. The van der Waals surface area contributed by atoms with Crippen molar-refractivity contribution in [3.05, 3.63) is 102 Å². The fraction of sp³-hybridized carbons (Fsp3) is 0.176. The molecule has 39 heavy (non-hydrogen) atoms. The van der Waals surface area contributed by atoms with Gasteiger partial charge in [0.25, 0.3) is 0 Å². The molecular formula is C34H29N2O2Pt-. The van der Waals surface area contributed by atoms with Crippen molar-refractivity contribution in [1.82, 2.24) is 9.97 Å². The first-order valence-corrected chi connectivity index (χ1v) is 12.8. The normalized spacial score (nSPS) is 11.6. The van der Waals surface area contributed by atoms with Gasteiger partial charge in [-0.3, -0.25) is 4.98 Å². The summed E-state index contributed by atoms with van der Waals surface area (Å²) >= 11 is 0. The van der Waals surface area contributed by atoms with E-state index < -0.39 is 0 Å². The van der Waals surface area contributed by atoms with Crippen LogP contribution in [0.5, 0.6) is 5.75 Å². The van der Waals surface area contributed by atoms with Crippen LogP contribution in [0.25, 0.3) is 55.7 Å².